The minimum atomic E-state index is -3.78. The quantitative estimate of drug-likeness (QED) is 0.497. The molecule has 1 aliphatic heterocycles. The molecule has 0 aromatic heterocycles. The van der Waals surface area contributed by atoms with Gasteiger partial charge in [0.25, 0.3) is 0 Å². The van der Waals surface area contributed by atoms with Gasteiger partial charge in [-0.15, -0.1) is 0 Å². The summed E-state index contributed by atoms with van der Waals surface area (Å²) >= 11 is 0. The molecule has 0 spiro atoms. The van der Waals surface area contributed by atoms with Crippen LogP contribution in [0.15, 0.2) is 39.4 Å². The molecule has 1 heterocycles. The van der Waals surface area contributed by atoms with Gasteiger partial charge in [0.15, 0.2) is 5.78 Å². The van der Waals surface area contributed by atoms with E-state index >= 15 is 0 Å². The predicted molar refractivity (Wildman–Crippen MR) is 71.3 cm³/mol. The fourth-order valence-electron chi connectivity index (χ4n) is 1.84. The lowest BCUT2D eigenvalue weighted by atomic mass is 9.95. The van der Waals surface area contributed by atoms with Crippen LogP contribution >= 0.6 is 0 Å². The number of ether oxygens (including phenoxy) is 1. The molecule has 0 aliphatic carbocycles. The van der Waals surface area contributed by atoms with Crippen molar-refractivity contribution in [2.24, 2.45) is 15.4 Å². The van der Waals surface area contributed by atoms with Crippen molar-refractivity contribution in [1.82, 2.24) is 0 Å². The second-order valence-electron chi connectivity index (χ2n) is 4.54. The Morgan fingerprint density at radius 2 is 1.95 bits per heavy atom. The standard InChI is InChI=1S/C12H13N3O5S/c1-8(16)12(6-7-20-11(12)17)15-14-9-2-4-10(5-3-9)21(13,18)19/h2-5H,6-7H2,1H3,(H2,13,18,19)/t12-/m1/s1. The second kappa shape index (κ2) is 5.34. The van der Waals surface area contributed by atoms with Gasteiger partial charge >= 0.3 is 5.97 Å². The van der Waals surface area contributed by atoms with Crippen molar-refractivity contribution < 1.29 is 22.7 Å². The molecule has 1 saturated heterocycles. The number of nitrogens with two attached hydrogens (primary N) is 1. The summed E-state index contributed by atoms with van der Waals surface area (Å²) in [7, 11) is -3.78. The molecule has 0 amide bonds. The van der Waals surface area contributed by atoms with Crippen LogP contribution < -0.4 is 5.14 Å². The first-order chi connectivity index (χ1) is 9.75. The van der Waals surface area contributed by atoms with Gasteiger partial charge in [-0.05, 0) is 31.2 Å². The number of hydrogen-bond donors (Lipinski definition) is 1. The van der Waals surface area contributed by atoms with Crippen LogP contribution in [-0.4, -0.2) is 32.3 Å². The van der Waals surface area contributed by atoms with Gasteiger partial charge in [0.2, 0.25) is 15.6 Å². The number of carbonyl (C=O) groups is 2. The van der Waals surface area contributed by atoms with Crippen molar-refractivity contribution >= 4 is 27.5 Å². The van der Waals surface area contributed by atoms with E-state index in [-0.39, 0.29) is 17.9 Å². The Kier molecular flexibility index (Phi) is 3.88. The zero-order valence-corrected chi connectivity index (χ0v) is 12.0. The van der Waals surface area contributed by atoms with Gasteiger partial charge < -0.3 is 4.74 Å². The number of ketones is 1. The Balaban J connectivity index is 2.28. The highest BCUT2D eigenvalue weighted by Gasteiger charge is 2.49. The summed E-state index contributed by atoms with van der Waals surface area (Å²) in [5.41, 5.74) is -1.30. The number of carbonyl (C=O) groups excluding carboxylic acids is 2. The lowest BCUT2D eigenvalue weighted by molar-refractivity contribution is -0.145. The van der Waals surface area contributed by atoms with Crippen molar-refractivity contribution in [3.63, 3.8) is 0 Å². The van der Waals surface area contributed by atoms with Crippen LogP contribution in [0, 0.1) is 0 Å². The minimum Gasteiger partial charge on any atom is -0.463 e. The normalized spacial score (nSPS) is 22.5. The number of sulfonamides is 1. The van der Waals surface area contributed by atoms with Crippen LogP contribution in [0.1, 0.15) is 13.3 Å². The van der Waals surface area contributed by atoms with Crippen molar-refractivity contribution in [2.45, 2.75) is 23.8 Å². The monoisotopic (exact) mass is 311 g/mol. The Hall–Kier alpha value is -2.13. The third kappa shape index (κ3) is 2.98. The summed E-state index contributed by atoms with van der Waals surface area (Å²) in [5.74, 6) is -1.17. The van der Waals surface area contributed by atoms with Gasteiger partial charge in [-0.3, -0.25) is 4.79 Å². The average Bonchev–Trinajstić information content (AvgIpc) is 2.78. The Morgan fingerprint density at radius 3 is 2.38 bits per heavy atom. The topological polar surface area (TPSA) is 128 Å². The van der Waals surface area contributed by atoms with Gasteiger partial charge in [-0.2, -0.15) is 10.2 Å². The van der Waals surface area contributed by atoms with Crippen molar-refractivity contribution in [1.29, 1.82) is 0 Å². The van der Waals surface area contributed by atoms with Crippen LogP contribution in [0.5, 0.6) is 0 Å². The van der Waals surface area contributed by atoms with E-state index in [1.54, 1.807) is 0 Å². The van der Waals surface area contributed by atoms with E-state index in [1.165, 1.54) is 31.2 Å². The molecular formula is C12H13N3O5S. The van der Waals surface area contributed by atoms with Crippen LogP contribution in [-0.2, 0) is 24.3 Å². The van der Waals surface area contributed by atoms with Crippen molar-refractivity contribution in [3.8, 4) is 0 Å². The smallest absolute Gasteiger partial charge is 0.343 e. The third-order valence-corrected chi connectivity index (χ3v) is 4.05. The summed E-state index contributed by atoms with van der Waals surface area (Å²) in [4.78, 5) is 23.2. The molecule has 1 aromatic carbocycles. The molecule has 0 radical (unpaired) electrons. The fraction of sp³-hybridized carbons (Fsp3) is 0.333. The maximum absolute atomic E-state index is 11.7. The summed E-state index contributed by atoms with van der Waals surface area (Å²) in [5, 5.41) is 12.6. The molecule has 1 aliphatic rings. The highest BCUT2D eigenvalue weighted by molar-refractivity contribution is 7.89. The lowest BCUT2D eigenvalue weighted by Gasteiger charge is -2.13. The number of cyclic esters (lactones) is 1. The summed E-state index contributed by atoms with van der Waals surface area (Å²) < 4.78 is 27.0. The zero-order valence-electron chi connectivity index (χ0n) is 11.1. The number of nitrogens with zero attached hydrogens (tertiary/aromatic N) is 2. The van der Waals surface area contributed by atoms with Crippen LogP contribution in [0.3, 0.4) is 0 Å². The van der Waals surface area contributed by atoms with E-state index < -0.39 is 27.3 Å². The SMILES string of the molecule is CC(=O)[C@]1(N=Nc2ccc(S(N)(=O)=O)cc2)CCOC1=O. The first kappa shape index (κ1) is 15.3. The molecule has 1 fully saturated rings. The molecule has 1 atom stereocenters. The maximum atomic E-state index is 11.7. The summed E-state index contributed by atoms with van der Waals surface area (Å²) in [6.45, 7) is 1.36. The van der Waals surface area contributed by atoms with Crippen molar-refractivity contribution in [3.05, 3.63) is 24.3 Å². The first-order valence-electron chi connectivity index (χ1n) is 6.00. The molecule has 1 aromatic rings. The van der Waals surface area contributed by atoms with Crippen LogP contribution in [0.2, 0.25) is 0 Å². The van der Waals surface area contributed by atoms with Crippen LogP contribution in [0.25, 0.3) is 0 Å². The number of benzene rings is 1. The molecule has 2 N–H and O–H groups in total. The van der Waals surface area contributed by atoms with E-state index in [4.69, 9.17) is 9.88 Å². The maximum Gasteiger partial charge on any atom is 0.343 e. The molecule has 0 bridgehead atoms. The molecule has 9 heteroatoms. The van der Waals surface area contributed by atoms with E-state index in [0.29, 0.717) is 5.69 Å². The number of primary sulfonamides is 1. The average molecular weight is 311 g/mol. The molecule has 21 heavy (non-hydrogen) atoms. The Labute approximate surface area is 121 Å². The second-order valence-corrected chi connectivity index (χ2v) is 6.10. The van der Waals surface area contributed by atoms with E-state index in [9.17, 15) is 18.0 Å². The first-order valence-corrected chi connectivity index (χ1v) is 7.54. The van der Waals surface area contributed by atoms with E-state index in [2.05, 4.69) is 10.2 Å². The zero-order chi connectivity index (χ0) is 15.7. The molecule has 112 valence electrons. The van der Waals surface area contributed by atoms with Gasteiger partial charge in [0.05, 0.1) is 17.2 Å². The third-order valence-electron chi connectivity index (χ3n) is 3.12. The Bertz CT molecular complexity index is 711. The lowest BCUT2D eigenvalue weighted by Crippen LogP contribution is -2.39. The van der Waals surface area contributed by atoms with Crippen molar-refractivity contribution in [2.75, 3.05) is 6.61 Å². The molecule has 2 rings (SSSR count). The van der Waals surface area contributed by atoms with E-state index in [1.807, 2.05) is 0 Å². The Morgan fingerprint density at radius 1 is 1.33 bits per heavy atom. The van der Waals surface area contributed by atoms with Crippen LogP contribution in [0.4, 0.5) is 5.69 Å². The fourth-order valence-corrected chi connectivity index (χ4v) is 2.35. The number of azo groups is 1. The molecular weight excluding hydrogens is 298 g/mol. The highest BCUT2D eigenvalue weighted by Crippen LogP contribution is 2.28. The van der Waals surface area contributed by atoms with Gasteiger partial charge in [0, 0.05) is 6.42 Å². The predicted octanol–water partition coefficient (Wildman–Crippen LogP) is 0.692. The number of rotatable bonds is 4. The molecule has 0 unspecified atom stereocenters. The summed E-state index contributed by atoms with van der Waals surface area (Å²) in [6.07, 6.45) is 0.139. The molecule has 0 saturated carbocycles. The van der Waals surface area contributed by atoms with Gasteiger partial charge in [-0.25, -0.2) is 18.4 Å². The van der Waals surface area contributed by atoms with Gasteiger partial charge in [-0.1, -0.05) is 0 Å². The van der Waals surface area contributed by atoms with Gasteiger partial charge in [0.1, 0.15) is 0 Å². The number of Topliss-reactive ketones (excluding diaryl/α,β-unsaturated/α-hetero) is 1. The van der Waals surface area contributed by atoms with E-state index in [0.717, 1.165) is 0 Å². The number of hydrogen-bond acceptors (Lipinski definition) is 7. The largest absolute Gasteiger partial charge is 0.463 e. The molecule has 8 nitrogen and oxygen atoms in total. The summed E-state index contributed by atoms with van der Waals surface area (Å²) in [6, 6.07) is 5.27. The number of esters is 1. The highest BCUT2D eigenvalue weighted by atomic mass is 32.2. The minimum absolute atomic E-state index is 0.0667.